The summed E-state index contributed by atoms with van der Waals surface area (Å²) in [7, 11) is 1.69. The molecule has 1 saturated heterocycles. The van der Waals surface area contributed by atoms with E-state index in [9.17, 15) is 0 Å². The number of methoxy groups -OCH3 is 1. The van der Waals surface area contributed by atoms with Gasteiger partial charge in [-0.2, -0.15) is 0 Å². The summed E-state index contributed by atoms with van der Waals surface area (Å²) in [6.07, 6.45) is 3.97. The van der Waals surface area contributed by atoms with Gasteiger partial charge in [0.1, 0.15) is 11.6 Å². The van der Waals surface area contributed by atoms with E-state index >= 15 is 0 Å². The highest BCUT2D eigenvalue weighted by atomic mass is 16.5. The molecule has 1 aromatic carbocycles. The van der Waals surface area contributed by atoms with Gasteiger partial charge in [-0.25, -0.2) is 4.98 Å². The van der Waals surface area contributed by atoms with E-state index in [-0.39, 0.29) is 0 Å². The molecule has 1 unspecified atom stereocenters. The Bertz CT molecular complexity index is 558. The van der Waals surface area contributed by atoms with Crippen molar-refractivity contribution < 1.29 is 4.74 Å². The minimum atomic E-state index is 0.360. The minimum absolute atomic E-state index is 0.360. The van der Waals surface area contributed by atoms with Crippen molar-refractivity contribution in [3.63, 3.8) is 0 Å². The molecule has 19 heavy (non-hydrogen) atoms. The third-order valence-electron chi connectivity index (χ3n) is 4.04. The summed E-state index contributed by atoms with van der Waals surface area (Å²) in [5, 5.41) is 0. The first-order valence-electron chi connectivity index (χ1n) is 7.05. The Kier molecular flexibility index (Phi) is 3.42. The van der Waals surface area contributed by atoms with Crippen LogP contribution in [0.1, 0.15) is 38.1 Å². The van der Waals surface area contributed by atoms with E-state index in [0.29, 0.717) is 6.04 Å². The summed E-state index contributed by atoms with van der Waals surface area (Å²) < 4.78 is 5.25. The van der Waals surface area contributed by atoms with E-state index in [0.717, 1.165) is 22.6 Å². The van der Waals surface area contributed by atoms with Crippen molar-refractivity contribution in [1.82, 2.24) is 14.9 Å². The van der Waals surface area contributed by atoms with Crippen molar-refractivity contribution in [2.75, 3.05) is 20.2 Å². The van der Waals surface area contributed by atoms with Gasteiger partial charge < -0.3 is 9.72 Å². The number of hydrogen-bond acceptors (Lipinski definition) is 3. The molecule has 1 aliphatic heterocycles. The molecule has 2 heterocycles. The van der Waals surface area contributed by atoms with Crippen molar-refractivity contribution in [2.24, 2.45) is 0 Å². The second-order valence-electron chi connectivity index (χ2n) is 5.28. The number of fused-ring (bicyclic) bond motifs is 1. The molecule has 0 bridgehead atoms. The Labute approximate surface area is 113 Å². The molecule has 0 amide bonds. The highest BCUT2D eigenvalue weighted by Gasteiger charge is 2.20. The van der Waals surface area contributed by atoms with Gasteiger partial charge in [0.2, 0.25) is 0 Å². The molecule has 0 saturated carbocycles. The lowest BCUT2D eigenvalue weighted by Crippen LogP contribution is -2.32. The number of aromatic amines is 1. The summed E-state index contributed by atoms with van der Waals surface area (Å²) in [6, 6.07) is 6.34. The quantitative estimate of drug-likeness (QED) is 0.920. The van der Waals surface area contributed by atoms with Crippen molar-refractivity contribution in [2.45, 2.75) is 32.2 Å². The van der Waals surface area contributed by atoms with Crippen LogP contribution in [0.4, 0.5) is 0 Å². The fourth-order valence-corrected chi connectivity index (χ4v) is 2.81. The molecule has 4 heteroatoms. The molecule has 0 aliphatic carbocycles. The predicted molar refractivity (Wildman–Crippen MR) is 76.5 cm³/mol. The van der Waals surface area contributed by atoms with E-state index in [1.165, 1.54) is 32.4 Å². The second-order valence-corrected chi connectivity index (χ2v) is 5.28. The largest absolute Gasteiger partial charge is 0.497 e. The molecule has 4 nitrogen and oxygen atoms in total. The van der Waals surface area contributed by atoms with Crippen LogP contribution in [0.5, 0.6) is 5.75 Å². The summed E-state index contributed by atoms with van der Waals surface area (Å²) in [5.74, 6) is 1.93. The molecule has 1 aromatic heterocycles. The summed E-state index contributed by atoms with van der Waals surface area (Å²) in [5.41, 5.74) is 2.07. The number of likely N-dealkylation sites (tertiary alicyclic amines) is 1. The van der Waals surface area contributed by atoms with Crippen LogP contribution in [-0.4, -0.2) is 35.1 Å². The van der Waals surface area contributed by atoms with E-state index in [1.54, 1.807) is 7.11 Å². The van der Waals surface area contributed by atoms with Gasteiger partial charge in [0.25, 0.3) is 0 Å². The number of imidazole rings is 1. The van der Waals surface area contributed by atoms with E-state index in [4.69, 9.17) is 9.72 Å². The van der Waals surface area contributed by atoms with Crippen LogP contribution >= 0.6 is 0 Å². The number of ether oxygens (including phenoxy) is 1. The number of nitrogens with one attached hydrogen (secondary N) is 1. The molecule has 2 aromatic rings. The van der Waals surface area contributed by atoms with E-state index in [1.807, 2.05) is 18.2 Å². The van der Waals surface area contributed by atoms with Crippen LogP contribution in [0.15, 0.2) is 18.2 Å². The fraction of sp³-hybridized carbons (Fsp3) is 0.533. The normalized spacial score (nSPS) is 18.6. The molecular formula is C15H21N3O. The maximum Gasteiger partial charge on any atom is 0.124 e. The highest BCUT2D eigenvalue weighted by molar-refractivity contribution is 5.76. The monoisotopic (exact) mass is 259 g/mol. The Balaban J connectivity index is 1.87. The number of H-pyrrole nitrogens is 1. The minimum Gasteiger partial charge on any atom is -0.497 e. The lowest BCUT2D eigenvalue weighted by Gasteiger charge is -2.31. The molecular weight excluding hydrogens is 238 g/mol. The van der Waals surface area contributed by atoms with Crippen LogP contribution in [0.3, 0.4) is 0 Å². The third-order valence-corrected chi connectivity index (χ3v) is 4.04. The molecule has 1 atom stereocenters. The first-order valence-corrected chi connectivity index (χ1v) is 7.05. The summed E-state index contributed by atoms with van der Waals surface area (Å²) in [4.78, 5) is 10.7. The number of hydrogen-bond donors (Lipinski definition) is 1. The maximum atomic E-state index is 5.25. The zero-order valence-corrected chi connectivity index (χ0v) is 11.6. The van der Waals surface area contributed by atoms with Crippen molar-refractivity contribution >= 4 is 11.0 Å². The van der Waals surface area contributed by atoms with Gasteiger partial charge in [0, 0.05) is 6.07 Å². The Morgan fingerprint density at radius 1 is 1.26 bits per heavy atom. The van der Waals surface area contributed by atoms with Crippen LogP contribution in [-0.2, 0) is 0 Å². The van der Waals surface area contributed by atoms with Gasteiger partial charge in [0.05, 0.1) is 24.2 Å². The number of piperidine rings is 1. The topological polar surface area (TPSA) is 41.1 Å². The zero-order valence-electron chi connectivity index (χ0n) is 11.6. The SMILES string of the molecule is COc1ccc2nc(C(C)N3CCCCC3)[nH]c2c1. The van der Waals surface area contributed by atoms with Crippen LogP contribution in [0.2, 0.25) is 0 Å². The van der Waals surface area contributed by atoms with Crippen molar-refractivity contribution in [3.05, 3.63) is 24.0 Å². The lowest BCUT2D eigenvalue weighted by atomic mass is 10.1. The predicted octanol–water partition coefficient (Wildman–Crippen LogP) is 3.12. The van der Waals surface area contributed by atoms with E-state index < -0.39 is 0 Å². The number of aromatic nitrogens is 2. The molecule has 3 rings (SSSR count). The Morgan fingerprint density at radius 2 is 2.05 bits per heavy atom. The second kappa shape index (κ2) is 5.21. The first-order chi connectivity index (χ1) is 9.28. The average molecular weight is 259 g/mol. The van der Waals surface area contributed by atoms with Crippen molar-refractivity contribution in [1.29, 1.82) is 0 Å². The van der Waals surface area contributed by atoms with Gasteiger partial charge in [-0.05, 0) is 45.0 Å². The van der Waals surface area contributed by atoms with Gasteiger partial charge in [-0.15, -0.1) is 0 Å². The van der Waals surface area contributed by atoms with E-state index in [2.05, 4.69) is 16.8 Å². The maximum absolute atomic E-state index is 5.25. The van der Waals surface area contributed by atoms with Gasteiger partial charge in [-0.1, -0.05) is 6.42 Å². The molecule has 1 aliphatic rings. The van der Waals surface area contributed by atoms with Crippen LogP contribution < -0.4 is 4.74 Å². The van der Waals surface area contributed by atoms with Crippen LogP contribution in [0, 0.1) is 0 Å². The third kappa shape index (κ3) is 2.45. The molecule has 0 spiro atoms. The highest BCUT2D eigenvalue weighted by Crippen LogP contribution is 2.25. The van der Waals surface area contributed by atoms with Gasteiger partial charge in [0.15, 0.2) is 0 Å². The number of nitrogens with zero attached hydrogens (tertiary/aromatic N) is 2. The fourth-order valence-electron chi connectivity index (χ4n) is 2.81. The average Bonchev–Trinajstić information content (AvgIpc) is 2.90. The summed E-state index contributed by atoms with van der Waals surface area (Å²) >= 11 is 0. The number of benzene rings is 1. The lowest BCUT2D eigenvalue weighted by molar-refractivity contribution is 0.169. The Hall–Kier alpha value is -1.55. The number of rotatable bonds is 3. The zero-order chi connectivity index (χ0) is 13.2. The summed E-state index contributed by atoms with van der Waals surface area (Å²) in [6.45, 7) is 4.60. The molecule has 1 fully saturated rings. The smallest absolute Gasteiger partial charge is 0.124 e. The van der Waals surface area contributed by atoms with Crippen LogP contribution in [0.25, 0.3) is 11.0 Å². The first kappa shape index (κ1) is 12.5. The molecule has 102 valence electrons. The Morgan fingerprint density at radius 3 is 2.79 bits per heavy atom. The van der Waals surface area contributed by atoms with Gasteiger partial charge in [-0.3, -0.25) is 4.90 Å². The van der Waals surface area contributed by atoms with Gasteiger partial charge >= 0.3 is 0 Å². The van der Waals surface area contributed by atoms with Crippen molar-refractivity contribution in [3.8, 4) is 5.75 Å². The standard InChI is InChI=1S/C15H21N3O/c1-11(18-8-4-3-5-9-18)15-16-13-7-6-12(19-2)10-14(13)17-15/h6-7,10-11H,3-5,8-9H2,1-2H3,(H,16,17). The molecule has 0 radical (unpaired) electrons. The molecule has 1 N–H and O–H groups in total.